The van der Waals surface area contributed by atoms with Crippen molar-refractivity contribution >= 4 is 11.9 Å². The monoisotopic (exact) mass is 301 g/mol. The highest BCUT2D eigenvalue weighted by atomic mass is 19.2. The van der Waals surface area contributed by atoms with Crippen LogP contribution in [-0.4, -0.2) is 23.0 Å². The normalized spacial score (nSPS) is 24.9. The van der Waals surface area contributed by atoms with E-state index < -0.39 is 40.8 Å². The molecule has 2 atom stereocenters. The molecular formula is C14H14F3NO3. The summed E-state index contributed by atoms with van der Waals surface area (Å²) in [4.78, 5) is 23.3. The van der Waals surface area contributed by atoms with Crippen molar-refractivity contribution in [3.63, 3.8) is 0 Å². The summed E-state index contributed by atoms with van der Waals surface area (Å²) in [6.07, 6.45) is 1.49. The third-order valence-electron chi connectivity index (χ3n) is 4.00. The van der Waals surface area contributed by atoms with Crippen LogP contribution >= 0.6 is 0 Å². The Hall–Kier alpha value is -2.05. The number of amides is 1. The SMILES string of the molecule is CC1(C(=O)O)CCCC1NC(=O)c1cc(F)c(F)c(F)c1. The molecule has 1 amide bonds. The second kappa shape index (κ2) is 5.38. The quantitative estimate of drug-likeness (QED) is 0.843. The van der Waals surface area contributed by atoms with E-state index in [0.717, 1.165) is 0 Å². The van der Waals surface area contributed by atoms with Crippen LogP contribution in [0.2, 0.25) is 0 Å². The molecule has 0 heterocycles. The molecule has 1 aromatic rings. The number of aliphatic carboxylic acids is 1. The lowest BCUT2D eigenvalue weighted by Crippen LogP contribution is -2.47. The van der Waals surface area contributed by atoms with Gasteiger partial charge in [0.2, 0.25) is 0 Å². The molecule has 2 N–H and O–H groups in total. The van der Waals surface area contributed by atoms with Gasteiger partial charge in [-0.2, -0.15) is 0 Å². The summed E-state index contributed by atoms with van der Waals surface area (Å²) in [7, 11) is 0. The maximum Gasteiger partial charge on any atom is 0.311 e. The largest absolute Gasteiger partial charge is 0.481 e. The Morgan fingerprint density at radius 1 is 1.29 bits per heavy atom. The zero-order valence-electron chi connectivity index (χ0n) is 11.3. The third-order valence-corrected chi connectivity index (χ3v) is 4.00. The Bertz CT molecular complexity index is 582. The fourth-order valence-electron chi connectivity index (χ4n) is 2.58. The minimum absolute atomic E-state index is 0.383. The summed E-state index contributed by atoms with van der Waals surface area (Å²) in [5, 5.41) is 11.7. The van der Waals surface area contributed by atoms with Crippen molar-refractivity contribution in [2.24, 2.45) is 5.41 Å². The van der Waals surface area contributed by atoms with Gasteiger partial charge in [0.25, 0.3) is 5.91 Å². The highest BCUT2D eigenvalue weighted by Crippen LogP contribution is 2.38. The van der Waals surface area contributed by atoms with Crippen molar-refractivity contribution in [3.05, 3.63) is 35.1 Å². The van der Waals surface area contributed by atoms with Crippen molar-refractivity contribution in [2.45, 2.75) is 32.2 Å². The number of carboxylic acids is 1. The summed E-state index contributed by atoms with van der Waals surface area (Å²) in [6, 6.07) is 0.528. The molecule has 0 aromatic heterocycles. The molecule has 114 valence electrons. The molecule has 2 unspecified atom stereocenters. The maximum atomic E-state index is 13.1. The Kier molecular flexibility index (Phi) is 3.93. The number of hydrogen-bond acceptors (Lipinski definition) is 2. The Labute approximate surface area is 119 Å². The Morgan fingerprint density at radius 3 is 2.38 bits per heavy atom. The molecule has 21 heavy (non-hydrogen) atoms. The van der Waals surface area contributed by atoms with Gasteiger partial charge in [0.15, 0.2) is 17.5 Å². The molecule has 0 bridgehead atoms. The van der Waals surface area contributed by atoms with Crippen LogP contribution in [-0.2, 0) is 4.79 Å². The Morgan fingerprint density at radius 2 is 1.86 bits per heavy atom. The van der Waals surface area contributed by atoms with Gasteiger partial charge in [0, 0.05) is 11.6 Å². The van der Waals surface area contributed by atoms with Crippen molar-refractivity contribution < 1.29 is 27.9 Å². The average molecular weight is 301 g/mol. The van der Waals surface area contributed by atoms with Gasteiger partial charge in [-0.15, -0.1) is 0 Å². The van der Waals surface area contributed by atoms with Crippen LogP contribution in [0.4, 0.5) is 13.2 Å². The molecule has 0 aliphatic heterocycles. The van der Waals surface area contributed by atoms with Gasteiger partial charge in [0.05, 0.1) is 5.41 Å². The molecule has 2 rings (SSSR count). The van der Waals surface area contributed by atoms with E-state index in [9.17, 15) is 27.9 Å². The minimum Gasteiger partial charge on any atom is -0.481 e. The highest BCUT2D eigenvalue weighted by molar-refractivity contribution is 5.95. The lowest BCUT2D eigenvalue weighted by atomic mass is 9.85. The number of hydrogen-bond donors (Lipinski definition) is 2. The summed E-state index contributed by atoms with van der Waals surface area (Å²) in [5.41, 5.74) is -1.50. The predicted octanol–water partition coefficient (Wildman–Crippen LogP) is 2.48. The summed E-state index contributed by atoms with van der Waals surface area (Å²) < 4.78 is 39.1. The van der Waals surface area contributed by atoms with Crippen LogP contribution < -0.4 is 5.32 Å². The number of rotatable bonds is 3. The van der Waals surface area contributed by atoms with Crippen LogP contribution in [0.3, 0.4) is 0 Å². The number of nitrogens with one attached hydrogen (secondary N) is 1. The van der Waals surface area contributed by atoms with Crippen molar-refractivity contribution in [2.75, 3.05) is 0 Å². The van der Waals surface area contributed by atoms with Gasteiger partial charge < -0.3 is 10.4 Å². The van der Waals surface area contributed by atoms with Gasteiger partial charge in [-0.25, -0.2) is 13.2 Å². The zero-order chi connectivity index (χ0) is 15.8. The minimum atomic E-state index is -1.65. The second-order valence-electron chi connectivity index (χ2n) is 5.39. The molecule has 1 saturated carbocycles. The fourth-order valence-corrected chi connectivity index (χ4v) is 2.58. The number of carbonyl (C=O) groups is 2. The summed E-state index contributed by atoms with van der Waals surface area (Å²) in [5.74, 6) is -6.45. The molecule has 0 saturated heterocycles. The topological polar surface area (TPSA) is 66.4 Å². The first-order chi connectivity index (χ1) is 9.75. The highest BCUT2D eigenvalue weighted by Gasteiger charge is 2.46. The van der Waals surface area contributed by atoms with Crippen molar-refractivity contribution in [1.29, 1.82) is 0 Å². The van der Waals surface area contributed by atoms with E-state index in [2.05, 4.69) is 5.32 Å². The van der Waals surface area contributed by atoms with Crippen molar-refractivity contribution in [3.8, 4) is 0 Å². The molecule has 4 nitrogen and oxygen atoms in total. The Balaban J connectivity index is 2.21. The fraction of sp³-hybridized carbons (Fsp3) is 0.429. The van der Waals surface area contributed by atoms with Crippen LogP contribution in [0.1, 0.15) is 36.5 Å². The maximum absolute atomic E-state index is 13.1. The number of carboxylic acid groups (broad SMARTS) is 1. The van der Waals surface area contributed by atoms with Crippen LogP contribution in [0, 0.1) is 22.9 Å². The standard InChI is InChI=1S/C14H14F3NO3/c1-14(13(20)21)4-2-3-10(14)18-12(19)7-5-8(15)11(17)9(16)6-7/h5-6,10H,2-4H2,1H3,(H,18,19)(H,20,21). The van der Waals surface area contributed by atoms with Crippen LogP contribution in [0.15, 0.2) is 12.1 Å². The van der Waals surface area contributed by atoms with Gasteiger partial charge >= 0.3 is 5.97 Å². The smallest absolute Gasteiger partial charge is 0.311 e. The van der Waals surface area contributed by atoms with Crippen LogP contribution in [0.25, 0.3) is 0 Å². The first kappa shape index (κ1) is 15.3. The second-order valence-corrected chi connectivity index (χ2v) is 5.39. The first-order valence-electron chi connectivity index (χ1n) is 6.44. The molecule has 0 spiro atoms. The van der Waals surface area contributed by atoms with E-state index in [1.54, 1.807) is 0 Å². The molecule has 1 fully saturated rings. The zero-order valence-corrected chi connectivity index (χ0v) is 11.3. The number of halogens is 3. The third kappa shape index (κ3) is 2.72. The summed E-state index contributed by atoms with van der Waals surface area (Å²) in [6.45, 7) is 1.51. The van der Waals surface area contributed by atoms with E-state index in [-0.39, 0.29) is 5.56 Å². The molecule has 7 heteroatoms. The van der Waals surface area contributed by atoms with Gasteiger partial charge in [-0.3, -0.25) is 9.59 Å². The first-order valence-corrected chi connectivity index (χ1v) is 6.44. The molecule has 0 radical (unpaired) electrons. The lowest BCUT2D eigenvalue weighted by Gasteiger charge is -2.27. The lowest BCUT2D eigenvalue weighted by molar-refractivity contribution is -0.148. The van der Waals surface area contributed by atoms with Gasteiger partial charge in [-0.05, 0) is 31.9 Å². The van der Waals surface area contributed by atoms with Crippen LogP contribution in [0.5, 0.6) is 0 Å². The molecule has 1 aromatic carbocycles. The average Bonchev–Trinajstić information content (AvgIpc) is 2.78. The number of benzene rings is 1. The van der Waals surface area contributed by atoms with Crippen molar-refractivity contribution in [1.82, 2.24) is 5.32 Å². The van der Waals surface area contributed by atoms with E-state index in [1.807, 2.05) is 0 Å². The van der Waals surface area contributed by atoms with E-state index in [0.29, 0.717) is 31.4 Å². The van der Waals surface area contributed by atoms with E-state index in [1.165, 1.54) is 6.92 Å². The van der Waals surface area contributed by atoms with E-state index >= 15 is 0 Å². The van der Waals surface area contributed by atoms with Gasteiger partial charge in [-0.1, -0.05) is 6.42 Å². The summed E-state index contributed by atoms with van der Waals surface area (Å²) >= 11 is 0. The van der Waals surface area contributed by atoms with Gasteiger partial charge in [0.1, 0.15) is 0 Å². The molecule has 1 aliphatic carbocycles. The van der Waals surface area contributed by atoms with E-state index in [4.69, 9.17) is 0 Å². The molecular weight excluding hydrogens is 287 g/mol. The number of carbonyl (C=O) groups excluding carboxylic acids is 1. The molecule has 1 aliphatic rings. The predicted molar refractivity (Wildman–Crippen MR) is 67.2 cm³/mol.